The summed E-state index contributed by atoms with van der Waals surface area (Å²) in [6, 6.07) is 15.1. The summed E-state index contributed by atoms with van der Waals surface area (Å²) in [7, 11) is 0. The zero-order valence-corrected chi connectivity index (χ0v) is 15.9. The summed E-state index contributed by atoms with van der Waals surface area (Å²) in [5.41, 5.74) is 2.30. The Hall–Kier alpha value is -2.37. The fourth-order valence-corrected chi connectivity index (χ4v) is 3.04. The molecule has 1 aliphatic rings. The summed E-state index contributed by atoms with van der Waals surface area (Å²) in [4.78, 5) is 14.1. The summed E-state index contributed by atoms with van der Waals surface area (Å²) in [6.45, 7) is 3.04. The first-order chi connectivity index (χ1) is 12.6. The van der Waals surface area contributed by atoms with Crippen molar-refractivity contribution >= 4 is 40.9 Å². The van der Waals surface area contributed by atoms with E-state index in [1.54, 1.807) is 11.0 Å². The Kier molecular flexibility index (Phi) is 5.91. The molecule has 134 valence electrons. The van der Waals surface area contributed by atoms with Gasteiger partial charge in [0.15, 0.2) is 5.11 Å². The number of para-hydroxylation sites is 1. The highest BCUT2D eigenvalue weighted by Gasteiger charge is 2.29. The van der Waals surface area contributed by atoms with Gasteiger partial charge in [-0.25, -0.2) is 0 Å². The predicted molar refractivity (Wildman–Crippen MR) is 108 cm³/mol. The molecule has 1 fully saturated rings. The highest BCUT2D eigenvalue weighted by atomic mass is 35.5. The Balaban J connectivity index is 1.78. The number of amides is 1. The quantitative estimate of drug-likeness (QED) is 0.590. The van der Waals surface area contributed by atoms with Crippen molar-refractivity contribution in [1.29, 1.82) is 0 Å². The standard InChI is InChI=1S/C20H19ClN2O2S/c1-2-11-23-19(24)17(22-20(23)26)12-15-5-3-4-6-18(15)25-13-14-7-9-16(21)10-8-14/h3-10,12H,2,11,13H2,1H3,(H,22,26)/b17-12-. The van der Waals surface area contributed by atoms with Gasteiger partial charge in [-0.3, -0.25) is 9.69 Å². The number of benzene rings is 2. The summed E-state index contributed by atoms with van der Waals surface area (Å²) in [5.74, 6) is 0.591. The van der Waals surface area contributed by atoms with Crippen molar-refractivity contribution in [2.24, 2.45) is 0 Å². The summed E-state index contributed by atoms with van der Waals surface area (Å²) in [6.07, 6.45) is 2.63. The number of ether oxygens (including phenoxy) is 1. The van der Waals surface area contributed by atoms with Crippen LogP contribution in [0.4, 0.5) is 0 Å². The molecule has 4 nitrogen and oxygen atoms in total. The van der Waals surface area contributed by atoms with Crippen molar-refractivity contribution in [3.63, 3.8) is 0 Å². The lowest BCUT2D eigenvalue weighted by atomic mass is 10.1. The maximum Gasteiger partial charge on any atom is 0.276 e. The van der Waals surface area contributed by atoms with Crippen LogP contribution in [0.3, 0.4) is 0 Å². The summed E-state index contributed by atoms with van der Waals surface area (Å²) >= 11 is 11.2. The first-order valence-electron chi connectivity index (χ1n) is 8.39. The van der Waals surface area contributed by atoms with Gasteiger partial charge in [-0.1, -0.05) is 48.9 Å². The molecule has 1 N–H and O–H groups in total. The maximum atomic E-state index is 12.5. The average molecular weight is 387 g/mol. The highest BCUT2D eigenvalue weighted by Crippen LogP contribution is 2.24. The Morgan fingerprint density at radius 1 is 1.19 bits per heavy atom. The van der Waals surface area contributed by atoms with E-state index in [9.17, 15) is 4.79 Å². The van der Waals surface area contributed by atoms with Crippen LogP contribution in [0.1, 0.15) is 24.5 Å². The van der Waals surface area contributed by atoms with Gasteiger partial charge < -0.3 is 10.1 Å². The lowest BCUT2D eigenvalue weighted by Gasteiger charge is -2.11. The van der Waals surface area contributed by atoms with Gasteiger partial charge in [0, 0.05) is 17.1 Å². The molecule has 0 bridgehead atoms. The van der Waals surface area contributed by atoms with Crippen molar-refractivity contribution in [3.8, 4) is 5.75 Å². The number of hydrogen-bond donors (Lipinski definition) is 1. The van der Waals surface area contributed by atoms with Crippen LogP contribution in [0, 0.1) is 0 Å². The molecule has 2 aromatic rings. The number of nitrogens with one attached hydrogen (secondary N) is 1. The van der Waals surface area contributed by atoms with Gasteiger partial charge in [0.2, 0.25) is 0 Å². The number of carbonyl (C=O) groups is 1. The molecule has 1 aliphatic heterocycles. The van der Waals surface area contributed by atoms with E-state index in [0.717, 1.165) is 17.5 Å². The van der Waals surface area contributed by atoms with Crippen LogP contribution in [-0.2, 0) is 11.4 Å². The Morgan fingerprint density at radius 3 is 2.65 bits per heavy atom. The van der Waals surface area contributed by atoms with Crippen LogP contribution in [0.15, 0.2) is 54.2 Å². The third-order valence-corrected chi connectivity index (χ3v) is 4.51. The smallest absolute Gasteiger partial charge is 0.276 e. The van der Waals surface area contributed by atoms with E-state index in [1.165, 1.54) is 0 Å². The van der Waals surface area contributed by atoms with E-state index in [4.69, 9.17) is 28.6 Å². The third kappa shape index (κ3) is 4.23. The minimum Gasteiger partial charge on any atom is -0.488 e. The fraction of sp³-hybridized carbons (Fsp3) is 0.200. The van der Waals surface area contributed by atoms with E-state index in [2.05, 4.69) is 5.32 Å². The first-order valence-corrected chi connectivity index (χ1v) is 9.18. The van der Waals surface area contributed by atoms with Crippen LogP contribution in [-0.4, -0.2) is 22.5 Å². The minimum absolute atomic E-state index is 0.107. The molecule has 1 heterocycles. The van der Waals surface area contributed by atoms with Gasteiger partial charge in [-0.15, -0.1) is 0 Å². The molecule has 0 atom stereocenters. The predicted octanol–water partition coefficient (Wildman–Crippen LogP) is 4.39. The van der Waals surface area contributed by atoms with Crippen molar-refractivity contribution < 1.29 is 9.53 Å². The number of nitrogens with zero attached hydrogens (tertiary/aromatic N) is 1. The van der Waals surface area contributed by atoms with E-state index in [0.29, 0.717) is 34.7 Å². The third-order valence-electron chi connectivity index (χ3n) is 3.94. The lowest BCUT2D eigenvalue weighted by Crippen LogP contribution is -2.31. The SMILES string of the molecule is CCCN1C(=O)/C(=C/c2ccccc2OCc2ccc(Cl)cc2)NC1=S. The normalized spacial score (nSPS) is 15.5. The second kappa shape index (κ2) is 8.34. The molecule has 0 aromatic heterocycles. The van der Waals surface area contributed by atoms with Crippen LogP contribution in [0.25, 0.3) is 6.08 Å². The van der Waals surface area contributed by atoms with Gasteiger partial charge >= 0.3 is 0 Å². The largest absolute Gasteiger partial charge is 0.488 e. The van der Waals surface area contributed by atoms with E-state index in [1.807, 2.05) is 55.5 Å². The minimum atomic E-state index is -0.107. The van der Waals surface area contributed by atoms with Gasteiger partial charge in [-0.2, -0.15) is 0 Å². The Bertz CT molecular complexity index is 849. The van der Waals surface area contributed by atoms with Crippen molar-refractivity contribution in [2.75, 3.05) is 6.54 Å². The van der Waals surface area contributed by atoms with Gasteiger partial charge in [0.25, 0.3) is 5.91 Å². The summed E-state index contributed by atoms with van der Waals surface area (Å²) < 4.78 is 5.94. The molecule has 0 saturated carbocycles. The molecular formula is C20H19ClN2O2S. The number of rotatable bonds is 6. The van der Waals surface area contributed by atoms with Crippen LogP contribution in [0.2, 0.25) is 5.02 Å². The molecule has 0 unspecified atom stereocenters. The van der Waals surface area contributed by atoms with Crippen LogP contribution in [0.5, 0.6) is 5.75 Å². The van der Waals surface area contributed by atoms with Crippen molar-refractivity contribution in [2.45, 2.75) is 20.0 Å². The topological polar surface area (TPSA) is 41.6 Å². The fourth-order valence-electron chi connectivity index (χ4n) is 2.63. The maximum absolute atomic E-state index is 12.5. The second-order valence-electron chi connectivity index (χ2n) is 5.90. The number of halogens is 1. The molecule has 2 aromatic carbocycles. The molecule has 3 rings (SSSR count). The highest BCUT2D eigenvalue weighted by molar-refractivity contribution is 7.80. The first kappa shape index (κ1) is 18.4. The zero-order chi connectivity index (χ0) is 18.5. The van der Waals surface area contributed by atoms with Gasteiger partial charge in [0.05, 0.1) is 0 Å². The molecule has 26 heavy (non-hydrogen) atoms. The van der Waals surface area contributed by atoms with E-state index < -0.39 is 0 Å². The number of carbonyl (C=O) groups excluding carboxylic acids is 1. The van der Waals surface area contributed by atoms with Gasteiger partial charge in [0.1, 0.15) is 18.1 Å². The van der Waals surface area contributed by atoms with E-state index in [-0.39, 0.29) is 5.91 Å². The zero-order valence-electron chi connectivity index (χ0n) is 14.4. The monoisotopic (exact) mass is 386 g/mol. The number of hydrogen-bond acceptors (Lipinski definition) is 3. The van der Waals surface area contributed by atoms with Crippen LogP contribution >= 0.6 is 23.8 Å². The average Bonchev–Trinajstić information content (AvgIpc) is 2.90. The van der Waals surface area contributed by atoms with Crippen molar-refractivity contribution in [1.82, 2.24) is 10.2 Å². The second-order valence-corrected chi connectivity index (χ2v) is 6.72. The summed E-state index contributed by atoms with van der Waals surface area (Å²) in [5, 5.41) is 4.13. The molecule has 0 spiro atoms. The molecule has 6 heteroatoms. The Labute approximate surface area is 163 Å². The molecule has 0 aliphatic carbocycles. The van der Waals surface area contributed by atoms with Gasteiger partial charge in [-0.05, 0) is 48.5 Å². The Morgan fingerprint density at radius 2 is 1.92 bits per heavy atom. The van der Waals surface area contributed by atoms with E-state index >= 15 is 0 Å². The molecule has 1 saturated heterocycles. The molecule has 1 amide bonds. The van der Waals surface area contributed by atoms with Crippen molar-refractivity contribution in [3.05, 3.63) is 70.4 Å². The molecule has 0 radical (unpaired) electrons. The lowest BCUT2D eigenvalue weighted by molar-refractivity contribution is -0.122. The van der Waals surface area contributed by atoms with Crippen LogP contribution < -0.4 is 10.1 Å². The number of thiocarbonyl (C=S) groups is 1. The molecular weight excluding hydrogens is 368 g/mol.